The van der Waals surface area contributed by atoms with Crippen molar-refractivity contribution in [1.29, 1.82) is 0 Å². The zero-order chi connectivity index (χ0) is 11.8. The van der Waals surface area contributed by atoms with E-state index in [0.29, 0.717) is 0 Å². The van der Waals surface area contributed by atoms with Gasteiger partial charge in [-0.25, -0.2) is 0 Å². The molecular formula is C15H20S. The summed E-state index contributed by atoms with van der Waals surface area (Å²) in [5.41, 5.74) is 1.34. The summed E-state index contributed by atoms with van der Waals surface area (Å²) in [6, 6.07) is 4.33. The Bertz CT molecular complexity index is 391. The van der Waals surface area contributed by atoms with Crippen LogP contribution in [0.15, 0.2) is 42.0 Å². The number of allylic oxidation sites excluding steroid dienone is 5. The van der Waals surface area contributed by atoms with E-state index in [-0.39, 0.29) is 0 Å². The molecule has 1 aromatic rings. The second kappa shape index (κ2) is 7.24. The maximum absolute atomic E-state index is 2.29. The van der Waals surface area contributed by atoms with E-state index in [4.69, 9.17) is 0 Å². The van der Waals surface area contributed by atoms with E-state index in [1.54, 1.807) is 0 Å². The quantitative estimate of drug-likeness (QED) is 0.643. The third kappa shape index (κ3) is 4.19. The van der Waals surface area contributed by atoms with E-state index in [9.17, 15) is 0 Å². The smallest absolute Gasteiger partial charge is 0.0273 e. The van der Waals surface area contributed by atoms with Crippen LogP contribution < -0.4 is 0 Å². The summed E-state index contributed by atoms with van der Waals surface area (Å²) in [6.07, 6.45) is 13.5. The first-order chi connectivity index (χ1) is 7.84. The van der Waals surface area contributed by atoms with Crippen molar-refractivity contribution < 1.29 is 0 Å². The lowest BCUT2D eigenvalue weighted by atomic mass is 10.1. The Hall–Kier alpha value is -1.08. The van der Waals surface area contributed by atoms with E-state index >= 15 is 0 Å². The Balaban J connectivity index is 0.000000606. The molecule has 1 aliphatic carbocycles. The molecule has 1 heteroatoms. The minimum Gasteiger partial charge on any atom is -0.141 e. The summed E-state index contributed by atoms with van der Waals surface area (Å²) in [7, 11) is 0. The molecule has 1 heterocycles. The topological polar surface area (TPSA) is 0 Å². The van der Waals surface area contributed by atoms with Gasteiger partial charge < -0.3 is 0 Å². The largest absolute Gasteiger partial charge is 0.141 e. The Morgan fingerprint density at radius 2 is 1.94 bits per heavy atom. The van der Waals surface area contributed by atoms with E-state index < -0.39 is 0 Å². The molecule has 1 aliphatic rings. The summed E-state index contributed by atoms with van der Waals surface area (Å²) in [4.78, 5) is 2.71. The predicted molar refractivity (Wildman–Crippen MR) is 75.9 cm³/mol. The monoisotopic (exact) mass is 232 g/mol. The van der Waals surface area contributed by atoms with Gasteiger partial charge in [-0.05, 0) is 43.5 Å². The molecule has 2 rings (SSSR count). The van der Waals surface area contributed by atoms with Gasteiger partial charge in [-0.15, -0.1) is 11.3 Å². The van der Waals surface area contributed by atoms with Crippen molar-refractivity contribution in [1.82, 2.24) is 0 Å². The summed E-state index contributed by atoms with van der Waals surface area (Å²) in [6.45, 7) is 6.14. The molecule has 0 saturated carbocycles. The van der Waals surface area contributed by atoms with Crippen molar-refractivity contribution in [3.8, 4) is 0 Å². The molecule has 0 fully saturated rings. The first-order valence-electron chi connectivity index (χ1n) is 5.96. The maximum Gasteiger partial charge on any atom is 0.0273 e. The molecule has 0 amide bonds. The maximum atomic E-state index is 2.29. The van der Waals surface area contributed by atoms with Gasteiger partial charge in [-0.1, -0.05) is 38.2 Å². The predicted octanol–water partition coefficient (Wildman–Crippen LogP) is 5.37. The van der Waals surface area contributed by atoms with Gasteiger partial charge in [-0.3, -0.25) is 0 Å². The molecule has 86 valence electrons. The molecular weight excluding hydrogens is 212 g/mol. The minimum atomic E-state index is 1.18. The molecule has 16 heavy (non-hydrogen) atoms. The van der Waals surface area contributed by atoms with E-state index in [0.717, 1.165) is 0 Å². The molecule has 0 aliphatic heterocycles. The molecule has 0 N–H and O–H groups in total. The van der Waals surface area contributed by atoms with Gasteiger partial charge in [0, 0.05) is 9.75 Å². The molecule has 0 radical (unpaired) electrons. The minimum absolute atomic E-state index is 1.18. The molecule has 0 saturated heterocycles. The van der Waals surface area contributed by atoms with Gasteiger partial charge >= 0.3 is 0 Å². The van der Waals surface area contributed by atoms with Crippen LogP contribution in [0.1, 0.15) is 36.4 Å². The van der Waals surface area contributed by atoms with Crippen molar-refractivity contribution >= 4 is 17.4 Å². The molecule has 0 nitrogen and oxygen atoms in total. The van der Waals surface area contributed by atoms with Crippen molar-refractivity contribution in [3.63, 3.8) is 0 Å². The molecule has 0 atom stereocenters. The van der Waals surface area contributed by atoms with Crippen LogP contribution in [0.5, 0.6) is 0 Å². The standard InChI is InChI=1S/C13H14S.C2H6/c1-11-7-9-13(14-11)10-8-12-5-3-2-4-6-12;1-2/h3,5-10H,2,4H2,1H3;1-2H3/b10-8+;. The fraction of sp³-hybridized carbons (Fsp3) is 0.333. The van der Waals surface area contributed by atoms with Crippen LogP contribution in [-0.4, -0.2) is 0 Å². The van der Waals surface area contributed by atoms with E-state index in [1.807, 2.05) is 25.2 Å². The van der Waals surface area contributed by atoms with Crippen LogP contribution in [-0.2, 0) is 0 Å². The van der Waals surface area contributed by atoms with E-state index in [1.165, 1.54) is 28.2 Å². The molecule has 0 bridgehead atoms. The fourth-order valence-corrected chi connectivity index (χ4v) is 2.26. The summed E-state index contributed by atoms with van der Waals surface area (Å²) in [5.74, 6) is 0. The lowest BCUT2D eigenvalue weighted by molar-refractivity contribution is 1.03. The number of thiophene rings is 1. The third-order valence-corrected chi connectivity index (χ3v) is 3.19. The molecule has 1 aromatic heterocycles. The Labute approximate surface area is 103 Å². The van der Waals surface area contributed by atoms with Crippen molar-refractivity contribution in [3.05, 3.63) is 51.8 Å². The summed E-state index contributed by atoms with van der Waals surface area (Å²) >= 11 is 1.84. The molecule has 0 unspecified atom stereocenters. The van der Waals surface area contributed by atoms with Gasteiger partial charge in [0.15, 0.2) is 0 Å². The van der Waals surface area contributed by atoms with Crippen LogP contribution in [0, 0.1) is 6.92 Å². The zero-order valence-corrected chi connectivity index (χ0v) is 11.2. The summed E-state index contributed by atoms with van der Waals surface area (Å²) in [5, 5.41) is 0. The third-order valence-electron chi connectivity index (χ3n) is 2.22. The summed E-state index contributed by atoms with van der Waals surface area (Å²) < 4.78 is 0. The van der Waals surface area contributed by atoms with Crippen molar-refractivity contribution in [2.45, 2.75) is 33.6 Å². The van der Waals surface area contributed by atoms with Crippen LogP contribution in [0.3, 0.4) is 0 Å². The highest BCUT2D eigenvalue weighted by Crippen LogP contribution is 2.18. The fourth-order valence-electron chi connectivity index (χ4n) is 1.48. The average molecular weight is 232 g/mol. The first kappa shape index (κ1) is 13.0. The lowest BCUT2D eigenvalue weighted by Gasteiger charge is -1.99. The van der Waals surface area contributed by atoms with Gasteiger partial charge in [0.25, 0.3) is 0 Å². The lowest BCUT2D eigenvalue weighted by Crippen LogP contribution is -1.79. The SMILES string of the molecule is CC.Cc1ccc(/C=C/C2=CCCC=C2)s1. The van der Waals surface area contributed by atoms with Crippen LogP contribution in [0.25, 0.3) is 6.08 Å². The average Bonchev–Trinajstić information content (AvgIpc) is 2.77. The van der Waals surface area contributed by atoms with Gasteiger partial charge in [0.2, 0.25) is 0 Å². The normalized spacial score (nSPS) is 14.6. The highest BCUT2D eigenvalue weighted by Gasteiger charge is 1.94. The number of rotatable bonds is 2. The Morgan fingerprint density at radius 1 is 1.12 bits per heavy atom. The van der Waals surface area contributed by atoms with Crippen LogP contribution >= 0.6 is 11.3 Å². The Morgan fingerprint density at radius 3 is 2.50 bits per heavy atom. The van der Waals surface area contributed by atoms with Gasteiger partial charge in [0.05, 0.1) is 0 Å². The molecule has 0 aromatic carbocycles. The second-order valence-electron chi connectivity index (χ2n) is 3.47. The number of hydrogen-bond acceptors (Lipinski definition) is 1. The Kier molecular flexibility index (Phi) is 5.87. The number of hydrogen-bond donors (Lipinski definition) is 0. The highest BCUT2D eigenvalue weighted by molar-refractivity contribution is 7.12. The number of aryl methyl sites for hydroxylation is 1. The van der Waals surface area contributed by atoms with Crippen LogP contribution in [0.4, 0.5) is 0 Å². The van der Waals surface area contributed by atoms with Gasteiger partial charge in [0.1, 0.15) is 0 Å². The first-order valence-corrected chi connectivity index (χ1v) is 6.77. The second-order valence-corrected chi connectivity index (χ2v) is 4.79. The van der Waals surface area contributed by atoms with Crippen molar-refractivity contribution in [2.75, 3.05) is 0 Å². The zero-order valence-electron chi connectivity index (χ0n) is 10.4. The van der Waals surface area contributed by atoms with E-state index in [2.05, 4.69) is 49.4 Å². The van der Waals surface area contributed by atoms with Crippen LogP contribution in [0.2, 0.25) is 0 Å². The highest BCUT2D eigenvalue weighted by atomic mass is 32.1. The van der Waals surface area contributed by atoms with Gasteiger partial charge in [-0.2, -0.15) is 0 Å². The molecule has 0 spiro atoms. The van der Waals surface area contributed by atoms with Crippen molar-refractivity contribution in [2.24, 2.45) is 0 Å².